The summed E-state index contributed by atoms with van der Waals surface area (Å²) < 4.78 is 16.0. The fourth-order valence-electron chi connectivity index (χ4n) is 4.77. The average molecular weight is 679 g/mol. The molecule has 1 aliphatic carbocycles. The minimum absolute atomic E-state index is 0.233. The zero-order chi connectivity index (χ0) is 35.9. The SMILES string of the molecule is O=C(C=Cc1ccc(O)c(O)c1)OC1CC(OC(=O)C=Cc2ccc(O)c(O)c2)(C(=O)O)CC(OC(=O)C=Cc2ccc(O)c(O)c2)C1O. The van der Waals surface area contributed by atoms with Gasteiger partial charge in [0, 0.05) is 31.1 Å². The van der Waals surface area contributed by atoms with Crippen LogP contribution in [0, 0.1) is 0 Å². The van der Waals surface area contributed by atoms with Crippen molar-refractivity contribution in [1.82, 2.24) is 0 Å². The molecular weight excluding hydrogens is 648 g/mol. The maximum atomic E-state index is 12.8. The highest BCUT2D eigenvalue weighted by Crippen LogP contribution is 2.37. The predicted octanol–water partition coefficient (Wildman–Crippen LogP) is 2.71. The Bertz CT molecular complexity index is 1760. The molecule has 0 saturated heterocycles. The van der Waals surface area contributed by atoms with Gasteiger partial charge in [0.2, 0.25) is 5.60 Å². The second-order valence-electron chi connectivity index (χ2n) is 10.8. The number of hydrogen-bond acceptors (Lipinski definition) is 14. The van der Waals surface area contributed by atoms with Crippen LogP contribution in [0.5, 0.6) is 34.5 Å². The highest BCUT2D eigenvalue weighted by atomic mass is 16.6. The van der Waals surface area contributed by atoms with Crippen molar-refractivity contribution in [3.8, 4) is 34.5 Å². The summed E-state index contributed by atoms with van der Waals surface area (Å²) in [5.74, 6) is -7.79. The minimum Gasteiger partial charge on any atom is -0.504 e. The summed E-state index contributed by atoms with van der Waals surface area (Å²) in [6.45, 7) is 0. The smallest absolute Gasteiger partial charge is 0.348 e. The number of aliphatic hydroxyl groups is 1. The number of rotatable bonds is 10. The van der Waals surface area contributed by atoms with Gasteiger partial charge in [0.25, 0.3) is 0 Å². The van der Waals surface area contributed by atoms with Gasteiger partial charge < -0.3 is 55.1 Å². The van der Waals surface area contributed by atoms with Crippen molar-refractivity contribution in [3.63, 3.8) is 0 Å². The Kier molecular flexibility index (Phi) is 10.8. The number of carbonyl (C=O) groups excluding carboxylic acids is 3. The topological polar surface area (TPSA) is 258 Å². The van der Waals surface area contributed by atoms with Crippen LogP contribution in [0.1, 0.15) is 29.5 Å². The van der Waals surface area contributed by atoms with Crippen LogP contribution >= 0.6 is 0 Å². The van der Waals surface area contributed by atoms with Crippen LogP contribution in [0.3, 0.4) is 0 Å². The average Bonchev–Trinajstić information content (AvgIpc) is 3.04. The quantitative estimate of drug-likeness (QED) is 0.0664. The van der Waals surface area contributed by atoms with Crippen LogP contribution in [0.4, 0.5) is 0 Å². The molecule has 0 aliphatic heterocycles. The number of aliphatic hydroxyl groups excluding tert-OH is 1. The molecule has 256 valence electrons. The van der Waals surface area contributed by atoms with E-state index in [9.17, 15) is 60.0 Å². The molecule has 2 unspecified atom stereocenters. The van der Waals surface area contributed by atoms with E-state index in [1.54, 1.807) is 0 Å². The van der Waals surface area contributed by atoms with Gasteiger partial charge in [-0.2, -0.15) is 0 Å². The molecule has 1 saturated carbocycles. The van der Waals surface area contributed by atoms with E-state index >= 15 is 0 Å². The molecule has 0 spiro atoms. The Morgan fingerprint density at radius 2 is 0.918 bits per heavy atom. The molecule has 15 heteroatoms. The Morgan fingerprint density at radius 1 is 0.571 bits per heavy atom. The van der Waals surface area contributed by atoms with Crippen molar-refractivity contribution >= 4 is 42.1 Å². The molecule has 0 heterocycles. The van der Waals surface area contributed by atoms with Crippen molar-refractivity contribution in [1.29, 1.82) is 0 Å². The molecule has 49 heavy (non-hydrogen) atoms. The fourth-order valence-corrected chi connectivity index (χ4v) is 4.77. The molecule has 2 atom stereocenters. The number of esters is 3. The van der Waals surface area contributed by atoms with Crippen molar-refractivity contribution in [2.24, 2.45) is 0 Å². The van der Waals surface area contributed by atoms with E-state index in [0.29, 0.717) is 0 Å². The van der Waals surface area contributed by atoms with E-state index in [2.05, 4.69) is 0 Å². The maximum absolute atomic E-state index is 12.8. The number of benzene rings is 3. The third-order valence-electron chi connectivity index (χ3n) is 7.28. The van der Waals surface area contributed by atoms with Gasteiger partial charge in [0.15, 0.2) is 34.5 Å². The van der Waals surface area contributed by atoms with E-state index in [-0.39, 0.29) is 16.7 Å². The number of carboxylic acids is 1. The fraction of sp³-hybridized carbons (Fsp3) is 0.176. The lowest BCUT2D eigenvalue weighted by Gasteiger charge is -2.42. The Hall–Kier alpha value is -6.48. The number of hydrogen-bond donors (Lipinski definition) is 8. The monoisotopic (exact) mass is 678 g/mol. The van der Waals surface area contributed by atoms with Gasteiger partial charge in [-0.25, -0.2) is 19.2 Å². The van der Waals surface area contributed by atoms with Crippen molar-refractivity contribution in [2.75, 3.05) is 0 Å². The number of aromatic hydroxyl groups is 6. The molecule has 0 aromatic heterocycles. The summed E-state index contributed by atoms with van der Waals surface area (Å²) in [5.41, 5.74) is -1.75. The Labute approximate surface area is 277 Å². The lowest BCUT2D eigenvalue weighted by atomic mass is 9.79. The van der Waals surface area contributed by atoms with Gasteiger partial charge in [-0.3, -0.25) is 0 Å². The highest BCUT2D eigenvalue weighted by molar-refractivity contribution is 5.91. The van der Waals surface area contributed by atoms with Crippen LogP contribution < -0.4 is 0 Å². The van der Waals surface area contributed by atoms with Crippen LogP contribution in [0.2, 0.25) is 0 Å². The van der Waals surface area contributed by atoms with Crippen LogP contribution in [-0.4, -0.2) is 88.6 Å². The summed E-state index contributed by atoms with van der Waals surface area (Å²) in [6, 6.07) is 10.9. The molecule has 3 aromatic carbocycles. The summed E-state index contributed by atoms with van der Waals surface area (Å²) in [5, 5.41) is 78.8. The van der Waals surface area contributed by atoms with E-state index in [1.165, 1.54) is 30.4 Å². The molecule has 4 rings (SSSR count). The van der Waals surface area contributed by atoms with Crippen LogP contribution in [0.25, 0.3) is 18.2 Å². The summed E-state index contributed by atoms with van der Waals surface area (Å²) in [6.07, 6.45) is -0.661. The zero-order valence-electron chi connectivity index (χ0n) is 25.2. The first-order valence-corrected chi connectivity index (χ1v) is 14.3. The molecule has 3 aromatic rings. The van der Waals surface area contributed by atoms with Gasteiger partial charge >= 0.3 is 23.9 Å². The lowest BCUT2D eigenvalue weighted by molar-refractivity contribution is -0.211. The molecule has 0 amide bonds. The second-order valence-corrected chi connectivity index (χ2v) is 10.8. The number of phenolic OH excluding ortho intramolecular Hbond substituents is 6. The van der Waals surface area contributed by atoms with Gasteiger partial charge in [-0.15, -0.1) is 0 Å². The number of carboxylic acid groups (broad SMARTS) is 1. The molecule has 0 radical (unpaired) electrons. The number of aliphatic carboxylic acids is 1. The zero-order valence-corrected chi connectivity index (χ0v) is 25.2. The molecule has 1 aliphatic rings. The standard InChI is InChI=1S/C34H30O15/c35-21-7-1-18(13-24(21)38)4-10-29(41)47-27-16-34(33(45)46,49-31(43)12-6-20-3-9-23(37)26(40)15-20)17-28(32(27)44)48-30(42)11-5-19-2-8-22(36)25(39)14-19/h1-15,27-28,32,35-40,44H,16-17H2,(H,45,46). The molecule has 15 nitrogen and oxygen atoms in total. The third-order valence-corrected chi connectivity index (χ3v) is 7.28. The molecule has 1 fully saturated rings. The maximum Gasteiger partial charge on any atom is 0.348 e. The largest absolute Gasteiger partial charge is 0.504 e. The molecule has 8 N–H and O–H groups in total. The van der Waals surface area contributed by atoms with Crippen LogP contribution in [0.15, 0.2) is 72.8 Å². The van der Waals surface area contributed by atoms with Crippen molar-refractivity contribution in [3.05, 3.63) is 89.5 Å². The predicted molar refractivity (Wildman–Crippen MR) is 168 cm³/mol. The van der Waals surface area contributed by atoms with E-state index in [0.717, 1.165) is 60.7 Å². The normalized spacial score (nSPS) is 20.7. The van der Waals surface area contributed by atoms with Gasteiger partial charge in [-0.05, 0) is 71.3 Å². The van der Waals surface area contributed by atoms with E-state index in [1.807, 2.05) is 0 Å². The summed E-state index contributed by atoms with van der Waals surface area (Å²) in [4.78, 5) is 51.0. The second kappa shape index (κ2) is 15.0. The number of phenols is 6. The molecular formula is C34H30O15. The minimum atomic E-state index is -2.51. The summed E-state index contributed by atoms with van der Waals surface area (Å²) in [7, 11) is 0. The van der Waals surface area contributed by atoms with E-state index < -0.39 is 95.1 Å². The van der Waals surface area contributed by atoms with Crippen molar-refractivity contribution in [2.45, 2.75) is 36.8 Å². The molecule has 0 bridgehead atoms. The summed E-state index contributed by atoms with van der Waals surface area (Å²) >= 11 is 0. The number of carbonyl (C=O) groups is 4. The first-order chi connectivity index (χ1) is 23.2. The first-order valence-electron chi connectivity index (χ1n) is 14.3. The Balaban J connectivity index is 1.58. The van der Waals surface area contributed by atoms with Gasteiger partial charge in [-0.1, -0.05) is 18.2 Å². The van der Waals surface area contributed by atoms with Crippen LogP contribution in [-0.2, 0) is 33.4 Å². The Morgan fingerprint density at radius 3 is 1.24 bits per heavy atom. The first kappa shape index (κ1) is 35.4. The van der Waals surface area contributed by atoms with Crippen molar-refractivity contribution < 1.29 is 74.2 Å². The van der Waals surface area contributed by atoms with Gasteiger partial charge in [0.05, 0.1) is 0 Å². The lowest BCUT2D eigenvalue weighted by Crippen LogP contribution is -2.59. The highest BCUT2D eigenvalue weighted by Gasteiger charge is 2.55. The third kappa shape index (κ3) is 9.08. The number of ether oxygens (including phenoxy) is 3. The van der Waals surface area contributed by atoms with E-state index in [4.69, 9.17) is 14.2 Å². The van der Waals surface area contributed by atoms with Gasteiger partial charge in [0.1, 0.15) is 18.3 Å².